The summed E-state index contributed by atoms with van der Waals surface area (Å²) in [5, 5.41) is 7.16. The molecule has 6 heteroatoms. The number of amidine groups is 1. The third kappa shape index (κ3) is 5.40. The van der Waals surface area contributed by atoms with Crippen LogP contribution in [0.2, 0.25) is 0 Å². The van der Waals surface area contributed by atoms with Crippen LogP contribution in [0.15, 0.2) is 30.3 Å². The number of nitrogens with two attached hydrogens (primary N) is 1. The van der Waals surface area contributed by atoms with Gasteiger partial charge in [0, 0.05) is 19.5 Å². The van der Waals surface area contributed by atoms with E-state index in [2.05, 4.69) is 0 Å². The van der Waals surface area contributed by atoms with Crippen molar-refractivity contribution in [3.05, 3.63) is 35.9 Å². The molecule has 1 rings (SSSR count). The van der Waals surface area contributed by atoms with Gasteiger partial charge in [0.15, 0.2) is 0 Å². The van der Waals surface area contributed by atoms with E-state index in [0.29, 0.717) is 13.0 Å². The van der Waals surface area contributed by atoms with Gasteiger partial charge in [0.25, 0.3) is 0 Å². The monoisotopic (exact) mass is 283 g/mol. The van der Waals surface area contributed by atoms with Crippen molar-refractivity contribution >= 4 is 15.9 Å². The van der Waals surface area contributed by atoms with Crippen molar-refractivity contribution < 1.29 is 8.42 Å². The molecular weight excluding hydrogens is 262 g/mol. The van der Waals surface area contributed by atoms with Gasteiger partial charge < -0.3 is 5.73 Å². The Hall–Kier alpha value is -1.40. The molecule has 1 aromatic rings. The largest absolute Gasteiger partial charge is 0.388 e. The quantitative estimate of drug-likeness (QED) is 0.555. The zero-order valence-corrected chi connectivity index (χ0v) is 12.0. The molecule has 0 fully saturated rings. The molecule has 1 aromatic carbocycles. The van der Waals surface area contributed by atoms with E-state index in [1.165, 1.54) is 4.31 Å². The van der Waals surface area contributed by atoms with Crippen molar-refractivity contribution in [2.75, 3.05) is 18.8 Å². The van der Waals surface area contributed by atoms with Gasteiger partial charge in [0.05, 0.1) is 11.6 Å². The second-order valence-electron chi connectivity index (χ2n) is 4.32. The van der Waals surface area contributed by atoms with E-state index in [0.717, 1.165) is 5.56 Å². The van der Waals surface area contributed by atoms with Crippen LogP contribution in [-0.4, -0.2) is 37.4 Å². The number of nitrogens with zero attached hydrogens (tertiary/aromatic N) is 1. The number of aryl methyl sites for hydroxylation is 1. The van der Waals surface area contributed by atoms with Gasteiger partial charge in [-0.2, -0.15) is 0 Å². The van der Waals surface area contributed by atoms with Gasteiger partial charge in [-0.1, -0.05) is 37.3 Å². The van der Waals surface area contributed by atoms with E-state index in [9.17, 15) is 8.42 Å². The van der Waals surface area contributed by atoms with Crippen molar-refractivity contribution in [2.45, 2.75) is 19.8 Å². The molecule has 0 aliphatic heterocycles. The fourth-order valence-electron chi connectivity index (χ4n) is 1.76. The van der Waals surface area contributed by atoms with Crippen LogP contribution in [0.25, 0.3) is 0 Å². The van der Waals surface area contributed by atoms with Gasteiger partial charge in [0.2, 0.25) is 10.0 Å². The standard InChI is InChI=1S/C13H21N3O2S/c1-2-16(10-8-13(14)15)19(17,18)11-9-12-6-4-3-5-7-12/h3-7H,2,8-11H2,1H3,(H3,14,15). The highest BCUT2D eigenvalue weighted by Gasteiger charge is 2.19. The van der Waals surface area contributed by atoms with E-state index in [-0.39, 0.29) is 24.6 Å². The SMILES string of the molecule is CCN(CCC(=N)N)S(=O)(=O)CCc1ccccc1. The number of hydrogen-bond acceptors (Lipinski definition) is 3. The number of nitrogens with one attached hydrogen (secondary N) is 1. The van der Waals surface area contributed by atoms with E-state index in [4.69, 9.17) is 11.1 Å². The van der Waals surface area contributed by atoms with Gasteiger partial charge in [-0.05, 0) is 12.0 Å². The Morgan fingerprint density at radius 2 is 1.95 bits per heavy atom. The Balaban J connectivity index is 2.60. The van der Waals surface area contributed by atoms with Crippen molar-refractivity contribution in [3.8, 4) is 0 Å². The molecule has 0 aliphatic carbocycles. The molecule has 0 spiro atoms. The molecule has 0 saturated heterocycles. The predicted octanol–water partition coefficient (Wildman–Crippen LogP) is 1.21. The van der Waals surface area contributed by atoms with Crippen LogP contribution in [0.4, 0.5) is 0 Å². The van der Waals surface area contributed by atoms with Gasteiger partial charge in [-0.3, -0.25) is 5.41 Å². The number of rotatable bonds is 8. The maximum atomic E-state index is 12.2. The van der Waals surface area contributed by atoms with Crippen molar-refractivity contribution in [1.29, 1.82) is 5.41 Å². The summed E-state index contributed by atoms with van der Waals surface area (Å²) in [4.78, 5) is 0. The minimum absolute atomic E-state index is 0.0108. The van der Waals surface area contributed by atoms with Crippen molar-refractivity contribution in [3.63, 3.8) is 0 Å². The molecule has 106 valence electrons. The summed E-state index contributed by atoms with van der Waals surface area (Å²) in [5.41, 5.74) is 6.27. The van der Waals surface area contributed by atoms with Crippen molar-refractivity contribution in [2.24, 2.45) is 5.73 Å². The highest BCUT2D eigenvalue weighted by Crippen LogP contribution is 2.07. The van der Waals surface area contributed by atoms with Crippen LogP contribution in [0.3, 0.4) is 0 Å². The first-order valence-electron chi connectivity index (χ1n) is 6.30. The van der Waals surface area contributed by atoms with Gasteiger partial charge in [-0.15, -0.1) is 0 Å². The molecule has 0 saturated carbocycles. The maximum Gasteiger partial charge on any atom is 0.214 e. The fourth-order valence-corrected chi connectivity index (χ4v) is 3.27. The normalized spacial score (nSPS) is 11.7. The molecule has 3 N–H and O–H groups in total. The lowest BCUT2D eigenvalue weighted by molar-refractivity contribution is 0.436. The minimum atomic E-state index is -3.29. The molecule has 0 amide bonds. The molecular formula is C13H21N3O2S. The lowest BCUT2D eigenvalue weighted by Crippen LogP contribution is -2.35. The molecule has 5 nitrogen and oxygen atoms in total. The van der Waals surface area contributed by atoms with E-state index in [1.54, 1.807) is 6.92 Å². The molecule has 0 aliphatic rings. The summed E-state index contributed by atoms with van der Waals surface area (Å²) >= 11 is 0. The van der Waals surface area contributed by atoms with E-state index < -0.39 is 10.0 Å². The number of benzene rings is 1. The Kier molecular flexibility index (Phi) is 5.98. The van der Waals surface area contributed by atoms with E-state index >= 15 is 0 Å². The second-order valence-corrected chi connectivity index (χ2v) is 6.41. The highest BCUT2D eigenvalue weighted by molar-refractivity contribution is 7.89. The minimum Gasteiger partial charge on any atom is -0.388 e. The summed E-state index contributed by atoms with van der Waals surface area (Å²) in [6, 6.07) is 9.54. The Bertz CT molecular complexity index is 500. The van der Waals surface area contributed by atoms with Crippen LogP contribution >= 0.6 is 0 Å². The average molecular weight is 283 g/mol. The van der Waals surface area contributed by atoms with E-state index in [1.807, 2.05) is 30.3 Å². The average Bonchev–Trinajstić information content (AvgIpc) is 2.38. The third-order valence-corrected chi connectivity index (χ3v) is 4.82. The molecule has 0 heterocycles. The number of sulfonamides is 1. The zero-order valence-electron chi connectivity index (χ0n) is 11.2. The molecule has 19 heavy (non-hydrogen) atoms. The van der Waals surface area contributed by atoms with Crippen molar-refractivity contribution in [1.82, 2.24) is 4.31 Å². The summed E-state index contributed by atoms with van der Waals surface area (Å²) in [6.45, 7) is 2.48. The maximum absolute atomic E-state index is 12.2. The smallest absolute Gasteiger partial charge is 0.214 e. The van der Waals surface area contributed by atoms with Gasteiger partial charge in [-0.25, -0.2) is 12.7 Å². The van der Waals surface area contributed by atoms with Crippen LogP contribution in [0, 0.1) is 5.41 Å². The summed E-state index contributed by atoms with van der Waals surface area (Å²) in [5.74, 6) is 0.0969. The molecule has 0 aromatic heterocycles. The van der Waals surface area contributed by atoms with Gasteiger partial charge >= 0.3 is 0 Å². The first kappa shape index (κ1) is 15.7. The Morgan fingerprint density at radius 3 is 2.47 bits per heavy atom. The predicted molar refractivity (Wildman–Crippen MR) is 77.7 cm³/mol. The molecule has 0 radical (unpaired) electrons. The summed E-state index contributed by atoms with van der Waals surface area (Å²) in [6.07, 6.45) is 0.776. The third-order valence-electron chi connectivity index (χ3n) is 2.87. The topological polar surface area (TPSA) is 87.2 Å². The molecule has 0 atom stereocenters. The zero-order chi connectivity index (χ0) is 14.3. The Labute approximate surface area is 115 Å². The summed E-state index contributed by atoms with van der Waals surface area (Å²) in [7, 11) is -3.29. The van der Waals surface area contributed by atoms with Gasteiger partial charge in [0.1, 0.15) is 0 Å². The highest BCUT2D eigenvalue weighted by atomic mass is 32.2. The van der Waals surface area contributed by atoms with Crippen LogP contribution in [0.5, 0.6) is 0 Å². The second kappa shape index (κ2) is 7.25. The fraction of sp³-hybridized carbons (Fsp3) is 0.462. The van der Waals surface area contributed by atoms with Crippen LogP contribution in [-0.2, 0) is 16.4 Å². The van der Waals surface area contributed by atoms with Crippen LogP contribution in [0.1, 0.15) is 18.9 Å². The lowest BCUT2D eigenvalue weighted by atomic mass is 10.2. The van der Waals surface area contributed by atoms with Crippen LogP contribution < -0.4 is 5.73 Å². The first-order valence-corrected chi connectivity index (χ1v) is 7.91. The molecule has 0 bridgehead atoms. The Morgan fingerprint density at radius 1 is 1.32 bits per heavy atom. The first-order chi connectivity index (χ1) is 8.95. The summed E-state index contributed by atoms with van der Waals surface area (Å²) < 4.78 is 25.7. The lowest BCUT2D eigenvalue weighted by Gasteiger charge is -2.20. The molecule has 0 unspecified atom stereocenters. The number of hydrogen-bond donors (Lipinski definition) is 2.